The van der Waals surface area contributed by atoms with Gasteiger partial charge in [-0.05, 0) is 42.7 Å². The maximum absolute atomic E-state index is 12.4. The van der Waals surface area contributed by atoms with Crippen LogP contribution in [0.4, 0.5) is 0 Å². The van der Waals surface area contributed by atoms with Crippen LogP contribution < -0.4 is 10.4 Å². The van der Waals surface area contributed by atoms with Gasteiger partial charge < -0.3 is 9.15 Å². The summed E-state index contributed by atoms with van der Waals surface area (Å²) in [7, 11) is 1.59. The molecule has 0 aliphatic heterocycles. The van der Waals surface area contributed by atoms with Gasteiger partial charge >= 0.3 is 5.63 Å². The van der Waals surface area contributed by atoms with E-state index < -0.39 is 0 Å². The van der Waals surface area contributed by atoms with Crippen LogP contribution in [0.2, 0.25) is 0 Å². The van der Waals surface area contributed by atoms with E-state index in [2.05, 4.69) is 0 Å². The van der Waals surface area contributed by atoms with Gasteiger partial charge in [0.15, 0.2) is 0 Å². The van der Waals surface area contributed by atoms with Crippen LogP contribution in [0.3, 0.4) is 0 Å². The Morgan fingerprint density at radius 3 is 2.52 bits per heavy atom. The minimum absolute atomic E-state index is 0.317. The van der Waals surface area contributed by atoms with Crippen LogP contribution in [0, 0.1) is 13.8 Å². The fourth-order valence-corrected chi connectivity index (χ4v) is 2.63. The number of fused-ring (bicyclic) bond motifs is 1. The van der Waals surface area contributed by atoms with Crippen molar-refractivity contribution in [3.8, 4) is 16.9 Å². The van der Waals surface area contributed by atoms with E-state index in [4.69, 9.17) is 9.15 Å². The highest BCUT2D eigenvalue weighted by Crippen LogP contribution is 2.30. The van der Waals surface area contributed by atoms with Crippen LogP contribution in [-0.4, -0.2) is 7.11 Å². The van der Waals surface area contributed by atoms with E-state index in [0.29, 0.717) is 16.9 Å². The molecule has 0 saturated carbocycles. The zero-order chi connectivity index (χ0) is 15.0. The van der Waals surface area contributed by atoms with Gasteiger partial charge in [0.2, 0.25) is 0 Å². The summed E-state index contributed by atoms with van der Waals surface area (Å²) in [5.41, 5.74) is 3.77. The number of ether oxygens (including phenoxy) is 1. The molecule has 1 aromatic heterocycles. The number of rotatable bonds is 2. The number of hydrogen-bond acceptors (Lipinski definition) is 3. The van der Waals surface area contributed by atoms with Crippen molar-refractivity contribution in [1.29, 1.82) is 0 Å². The predicted molar refractivity (Wildman–Crippen MR) is 83.9 cm³/mol. The highest BCUT2D eigenvalue weighted by atomic mass is 16.5. The second-order valence-electron chi connectivity index (χ2n) is 5.07. The zero-order valence-corrected chi connectivity index (χ0v) is 12.3. The van der Waals surface area contributed by atoms with Gasteiger partial charge in [-0.2, -0.15) is 0 Å². The smallest absolute Gasteiger partial charge is 0.344 e. The van der Waals surface area contributed by atoms with E-state index in [-0.39, 0.29) is 5.63 Å². The second kappa shape index (κ2) is 5.09. The Balaban J connectivity index is 2.35. The Labute approximate surface area is 122 Å². The quantitative estimate of drug-likeness (QED) is 0.664. The lowest BCUT2D eigenvalue weighted by Crippen LogP contribution is -2.07. The third-order valence-corrected chi connectivity index (χ3v) is 3.79. The number of aryl methyl sites for hydroxylation is 2. The Bertz CT molecular complexity index is 875. The van der Waals surface area contributed by atoms with Crippen molar-refractivity contribution >= 4 is 11.0 Å². The van der Waals surface area contributed by atoms with Crippen LogP contribution in [0.5, 0.6) is 5.75 Å². The topological polar surface area (TPSA) is 39.4 Å². The first-order valence-corrected chi connectivity index (χ1v) is 6.79. The van der Waals surface area contributed by atoms with Crippen LogP contribution in [0.15, 0.2) is 51.7 Å². The van der Waals surface area contributed by atoms with Gasteiger partial charge in [-0.3, -0.25) is 0 Å². The summed E-state index contributed by atoms with van der Waals surface area (Å²) in [6.45, 7) is 3.94. The highest BCUT2D eigenvalue weighted by molar-refractivity contribution is 5.88. The average molecular weight is 280 g/mol. The molecular weight excluding hydrogens is 264 g/mol. The molecule has 0 aliphatic rings. The summed E-state index contributed by atoms with van der Waals surface area (Å²) < 4.78 is 10.7. The van der Waals surface area contributed by atoms with Gasteiger partial charge in [0.1, 0.15) is 11.3 Å². The van der Waals surface area contributed by atoms with Crippen molar-refractivity contribution < 1.29 is 9.15 Å². The summed E-state index contributed by atoms with van der Waals surface area (Å²) in [4.78, 5) is 12.4. The lowest BCUT2D eigenvalue weighted by Gasteiger charge is -2.10. The summed E-state index contributed by atoms with van der Waals surface area (Å²) in [6, 6.07) is 13.4. The van der Waals surface area contributed by atoms with Gasteiger partial charge in [0.05, 0.1) is 12.7 Å². The standard InChI is InChI=1S/C18H16O3/c1-11-6-4-5-7-14(11)17-12(2)15-9-8-13(20-3)10-16(15)21-18(17)19/h4-10H,1-3H3. The predicted octanol–water partition coefficient (Wildman–Crippen LogP) is 4.09. The van der Waals surface area contributed by atoms with E-state index in [1.54, 1.807) is 13.2 Å². The first-order chi connectivity index (χ1) is 10.1. The SMILES string of the molecule is COc1ccc2c(C)c(-c3ccccc3C)c(=O)oc2c1. The Morgan fingerprint density at radius 2 is 1.81 bits per heavy atom. The molecular formula is C18H16O3. The first-order valence-electron chi connectivity index (χ1n) is 6.79. The van der Waals surface area contributed by atoms with Gasteiger partial charge in [0, 0.05) is 11.5 Å². The van der Waals surface area contributed by atoms with E-state index in [0.717, 1.165) is 22.1 Å². The monoisotopic (exact) mass is 280 g/mol. The molecule has 0 saturated heterocycles. The maximum Gasteiger partial charge on any atom is 0.344 e. The molecule has 0 fully saturated rings. The van der Waals surface area contributed by atoms with Gasteiger partial charge in [-0.15, -0.1) is 0 Å². The van der Waals surface area contributed by atoms with Crippen LogP contribution in [0.1, 0.15) is 11.1 Å². The highest BCUT2D eigenvalue weighted by Gasteiger charge is 2.15. The first kappa shape index (κ1) is 13.4. The lowest BCUT2D eigenvalue weighted by atomic mass is 9.96. The Morgan fingerprint density at radius 1 is 1.05 bits per heavy atom. The van der Waals surface area contributed by atoms with E-state index in [1.807, 2.05) is 50.2 Å². The molecule has 0 bridgehead atoms. The minimum atomic E-state index is -0.317. The van der Waals surface area contributed by atoms with Crippen molar-refractivity contribution in [2.75, 3.05) is 7.11 Å². The van der Waals surface area contributed by atoms with Gasteiger partial charge in [0.25, 0.3) is 0 Å². The Kier molecular flexibility index (Phi) is 3.26. The van der Waals surface area contributed by atoms with Crippen molar-refractivity contribution in [3.63, 3.8) is 0 Å². The van der Waals surface area contributed by atoms with Gasteiger partial charge in [-0.25, -0.2) is 4.79 Å². The zero-order valence-electron chi connectivity index (χ0n) is 12.3. The molecule has 3 rings (SSSR count). The maximum atomic E-state index is 12.4. The number of benzene rings is 2. The molecule has 21 heavy (non-hydrogen) atoms. The van der Waals surface area contributed by atoms with Crippen LogP contribution in [-0.2, 0) is 0 Å². The lowest BCUT2D eigenvalue weighted by molar-refractivity contribution is 0.414. The summed E-state index contributed by atoms with van der Waals surface area (Å²) in [6.07, 6.45) is 0. The molecule has 3 nitrogen and oxygen atoms in total. The molecule has 0 unspecified atom stereocenters. The average Bonchev–Trinajstić information content (AvgIpc) is 2.48. The fourth-order valence-electron chi connectivity index (χ4n) is 2.63. The van der Waals surface area contributed by atoms with Gasteiger partial charge in [-0.1, -0.05) is 24.3 Å². The molecule has 0 aliphatic carbocycles. The molecule has 2 aromatic carbocycles. The number of hydrogen-bond donors (Lipinski definition) is 0. The molecule has 1 heterocycles. The normalized spacial score (nSPS) is 10.8. The van der Waals surface area contributed by atoms with E-state index in [9.17, 15) is 4.79 Å². The summed E-state index contributed by atoms with van der Waals surface area (Å²) in [5, 5.41) is 0.925. The van der Waals surface area contributed by atoms with Crippen LogP contribution >= 0.6 is 0 Å². The minimum Gasteiger partial charge on any atom is -0.497 e. The molecule has 0 radical (unpaired) electrons. The van der Waals surface area contributed by atoms with Crippen molar-refractivity contribution in [3.05, 3.63) is 64.0 Å². The molecule has 0 amide bonds. The largest absolute Gasteiger partial charge is 0.497 e. The summed E-state index contributed by atoms with van der Waals surface area (Å²) >= 11 is 0. The second-order valence-corrected chi connectivity index (χ2v) is 5.07. The summed E-state index contributed by atoms with van der Waals surface area (Å²) in [5.74, 6) is 0.675. The Hall–Kier alpha value is -2.55. The van der Waals surface area contributed by atoms with E-state index >= 15 is 0 Å². The third kappa shape index (κ3) is 2.21. The molecule has 3 heteroatoms. The molecule has 0 N–H and O–H groups in total. The van der Waals surface area contributed by atoms with E-state index in [1.165, 1.54) is 0 Å². The third-order valence-electron chi connectivity index (χ3n) is 3.79. The molecule has 106 valence electrons. The van der Waals surface area contributed by atoms with Crippen molar-refractivity contribution in [2.45, 2.75) is 13.8 Å². The molecule has 3 aromatic rings. The van der Waals surface area contributed by atoms with Crippen molar-refractivity contribution in [1.82, 2.24) is 0 Å². The molecule has 0 spiro atoms. The number of methoxy groups -OCH3 is 1. The molecule has 0 atom stereocenters. The van der Waals surface area contributed by atoms with Crippen molar-refractivity contribution in [2.24, 2.45) is 0 Å². The van der Waals surface area contributed by atoms with Crippen LogP contribution in [0.25, 0.3) is 22.1 Å². The fraction of sp³-hybridized carbons (Fsp3) is 0.167.